The zero-order chi connectivity index (χ0) is 14.2. The molecule has 3 atom stereocenters. The van der Waals surface area contributed by atoms with E-state index in [0.29, 0.717) is 0 Å². The summed E-state index contributed by atoms with van der Waals surface area (Å²) in [5, 5.41) is 7.18. The molecule has 110 valence electrons. The standard InChI is InChI=1S/C18H28N2/c1-18(2,3)20-11-10-19-12-16-15-9-8-13-6-4-5-7-14(13)17(15)16/h4-7,15-17,19-20H,8-12H2,1-3H3. The fourth-order valence-electron chi connectivity index (χ4n) is 3.78. The van der Waals surface area contributed by atoms with Crippen LogP contribution in [0, 0.1) is 11.8 Å². The monoisotopic (exact) mass is 272 g/mol. The van der Waals surface area contributed by atoms with Crippen LogP contribution in [0.3, 0.4) is 0 Å². The van der Waals surface area contributed by atoms with E-state index in [1.165, 1.54) is 19.4 Å². The number of rotatable bonds is 5. The maximum absolute atomic E-state index is 3.64. The van der Waals surface area contributed by atoms with E-state index < -0.39 is 0 Å². The first kappa shape index (κ1) is 14.1. The minimum atomic E-state index is 0.230. The van der Waals surface area contributed by atoms with Crippen LogP contribution in [0.1, 0.15) is 44.2 Å². The van der Waals surface area contributed by atoms with Gasteiger partial charge < -0.3 is 10.6 Å². The summed E-state index contributed by atoms with van der Waals surface area (Å²) in [4.78, 5) is 0. The van der Waals surface area contributed by atoms with Gasteiger partial charge in [0.1, 0.15) is 0 Å². The molecule has 2 aliphatic carbocycles. The van der Waals surface area contributed by atoms with E-state index >= 15 is 0 Å². The van der Waals surface area contributed by atoms with Gasteiger partial charge in [-0.1, -0.05) is 24.3 Å². The Labute approximate surface area is 123 Å². The van der Waals surface area contributed by atoms with Crippen molar-refractivity contribution < 1.29 is 0 Å². The van der Waals surface area contributed by atoms with Gasteiger partial charge in [0.2, 0.25) is 0 Å². The van der Waals surface area contributed by atoms with Crippen LogP contribution in [0.5, 0.6) is 0 Å². The largest absolute Gasteiger partial charge is 0.315 e. The van der Waals surface area contributed by atoms with Crippen LogP contribution in [0.15, 0.2) is 24.3 Å². The maximum Gasteiger partial charge on any atom is 0.00970 e. The molecule has 1 fully saturated rings. The average molecular weight is 272 g/mol. The van der Waals surface area contributed by atoms with E-state index in [1.54, 1.807) is 11.1 Å². The molecule has 0 aromatic heterocycles. The summed E-state index contributed by atoms with van der Waals surface area (Å²) >= 11 is 0. The molecule has 2 N–H and O–H groups in total. The third kappa shape index (κ3) is 3.07. The predicted octanol–water partition coefficient (Wildman–Crippen LogP) is 2.94. The molecule has 0 radical (unpaired) electrons. The Balaban J connectivity index is 1.44. The first-order valence-corrected chi connectivity index (χ1v) is 8.10. The highest BCUT2D eigenvalue weighted by Crippen LogP contribution is 2.59. The van der Waals surface area contributed by atoms with E-state index in [-0.39, 0.29) is 5.54 Å². The molecule has 3 unspecified atom stereocenters. The fraction of sp³-hybridized carbons (Fsp3) is 0.667. The van der Waals surface area contributed by atoms with Crippen LogP contribution in [0.4, 0.5) is 0 Å². The molecule has 1 saturated carbocycles. The zero-order valence-corrected chi connectivity index (χ0v) is 13.1. The minimum Gasteiger partial charge on any atom is -0.315 e. The van der Waals surface area contributed by atoms with Gasteiger partial charge in [0, 0.05) is 18.6 Å². The van der Waals surface area contributed by atoms with Crippen LogP contribution < -0.4 is 10.6 Å². The molecule has 1 aromatic carbocycles. The van der Waals surface area contributed by atoms with Gasteiger partial charge in [-0.15, -0.1) is 0 Å². The highest BCUT2D eigenvalue weighted by molar-refractivity contribution is 5.39. The Morgan fingerprint density at radius 3 is 2.75 bits per heavy atom. The highest BCUT2D eigenvalue weighted by atomic mass is 15.0. The second-order valence-electron chi connectivity index (χ2n) is 7.47. The van der Waals surface area contributed by atoms with Gasteiger partial charge in [0.25, 0.3) is 0 Å². The Bertz CT molecular complexity index is 461. The lowest BCUT2D eigenvalue weighted by molar-refractivity contribution is 0.419. The molecule has 3 rings (SSSR count). The highest BCUT2D eigenvalue weighted by Gasteiger charge is 2.52. The first-order valence-electron chi connectivity index (χ1n) is 8.10. The number of aryl methyl sites for hydroxylation is 1. The Hall–Kier alpha value is -0.860. The summed E-state index contributed by atoms with van der Waals surface area (Å²) in [6.07, 6.45) is 2.69. The van der Waals surface area contributed by atoms with Crippen molar-refractivity contribution in [2.75, 3.05) is 19.6 Å². The summed E-state index contributed by atoms with van der Waals surface area (Å²) in [6, 6.07) is 9.07. The number of fused-ring (bicyclic) bond motifs is 3. The lowest BCUT2D eigenvalue weighted by Crippen LogP contribution is -2.40. The zero-order valence-electron chi connectivity index (χ0n) is 13.1. The van der Waals surface area contributed by atoms with Gasteiger partial charge in [0.05, 0.1) is 0 Å². The van der Waals surface area contributed by atoms with Crippen molar-refractivity contribution in [1.29, 1.82) is 0 Å². The molecule has 0 spiro atoms. The quantitative estimate of drug-likeness (QED) is 0.805. The van der Waals surface area contributed by atoms with Gasteiger partial charge in [-0.3, -0.25) is 0 Å². The molecule has 2 heteroatoms. The summed E-state index contributed by atoms with van der Waals surface area (Å²) < 4.78 is 0. The fourth-order valence-corrected chi connectivity index (χ4v) is 3.78. The molecule has 0 aliphatic heterocycles. The number of benzene rings is 1. The third-order valence-electron chi connectivity index (χ3n) is 4.83. The van der Waals surface area contributed by atoms with Crippen LogP contribution in [0.25, 0.3) is 0 Å². The predicted molar refractivity (Wildman–Crippen MR) is 85.1 cm³/mol. The molecule has 0 heterocycles. The molecule has 20 heavy (non-hydrogen) atoms. The molecule has 0 saturated heterocycles. The summed E-state index contributed by atoms with van der Waals surface area (Å²) in [6.45, 7) is 9.99. The van der Waals surface area contributed by atoms with E-state index in [1.807, 2.05) is 0 Å². The van der Waals surface area contributed by atoms with Gasteiger partial charge in [0.15, 0.2) is 0 Å². The lowest BCUT2D eigenvalue weighted by Gasteiger charge is -2.20. The van der Waals surface area contributed by atoms with E-state index in [9.17, 15) is 0 Å². The summed E-state index contributed by atoms with van der Waals surface area (Å²) in [5.74, 6) is 2.68. The van der Waals surface area contributed by atoms with Crippen molar-refractivity contribution in [3.8, 4) is 0 Å². The van der Waals surface area contributed by atoms with Crippen molar-refractivity contribution >= 4 is 0 Å². The molecular weight excluding hydrogens is 244 g/mol. The van der Waals surface area contributed by atoms with Crippen molar-refractivity contribution in [3.05, 3.63) is 35.4 Å². The van der Waals surface area contributed by atoms with Crippen LogP contribution >= 0.6 is 0 Å². The Morgan fingerprint density at radius 2 is 1.95 bits per heavy atom. The van der Waals surface area contributed by atoms with Crippen LogP contribution in [0.2, 0.25) is 0 Å². The molecule has 1 aromatic rings. The molecule has 2 aliphatic rings. The van der Waals surface area contributed by atoms with Gasteiger partial charge in [-0.2, -0.15) is 0 Å². The lowest BCUT2D eigenvalue weighted by atomic mass is 9.92. The molecule has 0 amide bonds. The maximum atomic E-state index is 3.64. The van der Waals surface area contributed by atoms with Crippen molar-refractivity contribution in [1.82, 2.24) is 10.6 Å². The number of nitrogens with one attached hydrogen (secondary N) is 2. The topological polar surface area (TPSA) is 24.1 Å². The van der Waals surface area contributed by atoms with Crippen molar-refractivity contribution in [3.63, 3.8) is 0 Å². The molecule has 0 bridgehead atoms. The second kappa shape index (κ2) is 5.50. The molecule has 2 nitrogen and oxygen atoms in total. The Kier molecular flexibility index (Phi) is 3.87. The van der Waals surface area contributed by atoms with Crippen molar-refractivity contribution in [2.24, 2.45) is 11.8 Å². The van der Waals surface area contributed by atoms with E-state index in [4.69, 9.17) is 0 Å². The SMILES string of the molecule is CC(C)(C)NCCNCC1C2CCc3ccccc3C21. The van der Waals surface area contributed by atoms with E-state index in [2.05, 4.69) is 55.7 Å². The summed E-state index contributed by atoms with van der Waals surface area (Å²) in [5.41, 5.74) is 3.47. The Morgan fingerprint density at radius 1 is 1.15 bits per heavy atom. The van der Waals surface area contributed by atoms with Gasteiger partial charge in [-0.05, 0) is 69.0 Å². The summed E-state index contributed by atoms with van der Waals surface area (Å²) in [7, 11) is 0. The van der Waals surface area contributed by atoms with Crippen molar-refractivity contribution in [2.45, 2.75) is 45.1 Å². The second-order valence-corrected chi connectivity index (χ2v) is 7.47. The van der Waals surface area contributed by atoms with Crippen LogP contribution in [-0.2, 0) is 6.42 Å². The normalized spacial score (nSPS) is 27.9. The first-order chi connectivity index (χ1) is 9.56. The smallest absolute Gasteiger partial charge is 0.00970 e. The molecular formula is C18H28N2. The van der Waals surface area contributed by atoms with Crippen LogP contribution in [-0.4, -0.2) is 25.2 Å². The van der Waals surface area contributed by atoms with Gasteiger partial charge >= 0.3 is 0 Å². The number of hydrogen-bond donors (Lipinski definition) is 2. The minimum absolute atomic E-state index is 0.230. The van der Waals surface area contributed by atoms with E-state index in [0.717, 1.165) is 30.8 Å². The third-order valence-corrected chi connectivity index (χ3v) is 4.83. The number of hydrogen-bond acceptors (Lipinski definition) is 2. The van der Waals surface area contributed by atoms with Gasteiger partial charge in [-0.25, -0.2) is 0 Å². The average Bonchev–Trinajstić information content (AvgIpc) is 3.11.